The van der Waals surface area contributed by atoms with Crippen molar-refractivity contribution in [2.45, 2.75) is 38.3 Å². The van der Waals surface area contributed by atoms with Gasteiger partial charge in [-0.15, -0.1) is 0 Å². The predicted molar refractivity (Wildman–Crippen MR) is 97.3 cm³/mol. The third kappa shape index (κ3) is 6.36. The Bertz CT molecular complexity index is 545. The lowest BCUT2D eigenvalue weighted by Crippen LogP contribution is -2.51. The number of hydrogen-bond acceptors (Lipinski definition) is 4. The molecule has 0 spiro atoms. The molecule has 3 amide bonds. The van der Waals surface area contributed by atoms with Crippen LogP contribution in [0.3, 0.4) is 0 Å². The second kappa shape index (κ2) is 10.0. The number of likely N-dealkylation sites (tertiary alicyclic amines) is 1. The third-order valence-electron chi connectivity index (χ3n) is 4.21. The van der Waals surface area contributed by atoms with Gasteiger partial charge in [0.1, 0.15) is 6.04 Å². The molecule has 0 bridgehead atoms. The minimum atomic E-state index is -0.571. The highest BCUT2D eigenvalue weighted by Gasteiger charge is 2.27. The quantitative estimate of drug-likeness (QED) is 0.651. The van der Waals surface area contributed by atoms with Crippen LogP contribution in [0.1, 0.15) is 26.2 Å². The van der Waals surface area contributed by atoms with Gasteiger partial charge in [0.2, 0.25) is 5.91 Å². The topological polar surface area (TPSA) is 96.7 Å². The lowest BCUT2D eigenvalue weighted by atomic mass is 10.1. The fourth-order valence-corrected chi connectivity index (χ4v) is 2.80. The van der Waals surface area contributed by atoms with Crippen LogP contribution < -0.4 is 16.4 Å². The minimum Gasteiger partial charge on any atom is -0.378 e. The lowest BCUT2D eigenvalue weighted by Gasteiger charge is -2.33. The van der Waals surface area contributed by atoms with Gasteiger partial charge in [-0.3, -0.25) is 4.79 Å². The van der Waals surface area contributed by atoms with Crippen LogP contribution in [-0.4, -0.2) is 55.2 Å². The average Bonchev–Trinajstić information content (AvgIpc) is 2.62. The average molecular weight is 348 g/mol. The summed E-state index contributed by atoms with van der Waals surface area (Å²) in [5.74, 6) is -0.0661. The zero-order valence-corrected chi connectivity index (χ0v) is 14.7. The zero-order valence-electron chi connectivity index (χ0n) is 14.7. The van der Waals surface area contributed by atoms with Crippen LogP contribution >= 0.6 is 0 Å². The molecule has 0 aromatic heterocycles. The smallest absolute Gasteiger partial charge is 0.319 e. The number of hydrogen-bond donors (Lipinski definition) is 3. The summed E-state index contributed by atoms with van der Waals surface area (Å²) in [5, 5.41) is 5.41. The molecular formula is C18H28N4O3. The van der Waals surface area contributed by atoms with Gasteiger partial charge in [-0.25, -0.2) is 4.79 Å². The first-order valence-corrected chi connectivity index (χ1v) is 8.83. The molecule has 1 heterocycles. The molecule has 7 heteroatoms. The van der Waals surface area contributed by atoms with E-state index >= 15 is 0 Å². The molecule has 1 atom stereocenters. The Balaban J connectivity index is 1.72. The lowest BCUT2D eigenvalue weighted by molar-refractivity contribution is -0.135. The van der Waals surface area contributed by atoms with Crippen molar-refractivity contribution >= 4 is 17.6 Å². The van der Waals surface area contributed by atoms with E-state index in [9.17, 15) is 9.59 Å². The van der Waals surface area contributed by atoms with E-state index in [0.717, 1.165) is 19.3 Å². The molecular weight excluding hydrogens is 320 g/mol. The number of ether oxygens (including phenoxy) is 1. The number of urea groups is 1. The molecule has 1 unspecified atom stereocenters. The van der Waals surface area contributed by atoms with Gasteiger partial charge >= 0.3 is 6.03 Å². The van der Waals surface area contributed by atoms with Crippen molar-refractivity contribution in [3.05, 3.63) is 30.3 Å². The molecule has 1 fully saturated rings. The number of benzene rings is 1. The van der Waals surface area contributed by atoms with Crippen LogP contribution in [0, 0.1) is 0 Å². The van der Waals surface area contributed by atoms with Crippen LogP contribution in [0.2, 0.25) is 0 Å². The van der Waals surface area contributed by atoms with Crippen LogP contribution in [0.4, 0.5) is 10.5 Å². The van der Waals surface area contributed by atoms with Gasteiger partial charge in [-0.2, -0.15) is 0 Å². The van der Waals surface area contributed by atoms with E-state index in [1.807, 2.05) is 18.2 Å². The normalized spacial score (nSPS) is 16.3. The number of nitrogens with one attached hydrogen (secondary N) is 2. The van der Waals surface area contributed by atoms with Crippen LogP contribution in [0.5, 0.6) is 0 Å². The summed E-state index contributed by atoms with van der Waals surface area (Å²) in [6, 6.07) is 8.18. The highest BCUT2D eigenvalue weighted by atomic mass is 16.5. The fraction of sp³-hybridized carbons (Fsp3) is 0.556. The Morgan fingerprint density at radius 3 is 2.60 bits per heavy atom. The van der Waals surface area contributed by atoms with Crippen molar-refractivity contribution in [3.8, 4) is 0 Å². The van der Waals surface area contributed by atoms with Crippen LogP contribution in [0.25, 0.3) is 0 Å². The number of carbonyl (C=O) groups is 2. The molecule has 4 N–H and O–H groups in total. The molecule has 0 saturated carbocycles. The number of piperidine rings is 1. The van der Waals surface area contributed by atoms with Gasteiger partial charge in [0, 0.05) is 25.4 Å². The minimum absolute atomic E-state index is 0.0661. The second-order valence-electron chi connectivity index (χ2n) is 6.22. The van der Waals surface area contributed by atoms with Crippen molar-refractivity contribution < 1.29 is 14.3 Å². The Morgan fingerprint density at radius 2 is 1.96 bits per heavy atom. The molecule has 1 aromatic carbocycles. The largest absolute Gasteiger partial charge is 0.378 e. The van der Waals surface area contributed by atoms with Crippen molar-refractivity contribution in [1.29, 1.82) is 0 Å². The maximum absolute atomic E-state index is 12.5. The van der Waals surface area contributed by atoms with E-state index in [-0.39, 0.29) is 18.0 Å². The number of anilines is 1. The molecule has 25 heavy (non-hydrogen) atoms. The molecule has 2 rings (SSSR count). The first kappa shape index (κ1) is 19.2. The summed E-state index contributed by atoms with van der Waals surface area (Å²) >= 11 is 0. The molecule has 1 saturated heterocycles. The summed E-state index contributed by atoms with van der Waals surface area (Å²) in [6.45, 7) is 4.31. The number of nitrogens with zero attached hydrogens (tertiary/aromatic N) is 1. The number of carbonyl (C=O) groups excluding carboxylic acids is 2. The Kier molecular flexibility index (Phi) is 7.69. The molecule has 0 aliphatic carbocycles. The number of amides is 3. The molecule has 0 radical (unpaired) electrons. The van der Waals surface area contributed by atoms with Crippen molar-refractivity contribution in [2.24, 2.45) is 5.73 Å². The van der Waals surface area contributed by atoms with E-state index < -0.39 is 6.04 Å². The fourth-order valence-electron chi connectivity index (χ4n) is 2.80. The summed E-state index contributed by atoms with van der Waals surface area (Å²) in [7, 11) is 0. The number of rotatable bonds is 7. The molecule has 7 nitrogen and oxygen atoms in total. The highest BCUT2D eigenvalue weighted by molar-refractivity contribution is 5.93. The van der Waals surface area contributed by atoms with Gasteiger partial charge in [0.25, 0.3) is 0 Å². The van der Waals surface area contributed by atoms with Gasteiger partial charge in [0.15, 0.2) is 0 Å². The zero-order chi connectivity index (χ0) is 18.1. The summed E-state index contributed by atoms with van der Waals surface area (Å²) in [4.78, 5) is 26.3. The van der Waals surface area contributed by atoms with E-state index in [0.29, 0.717) is 31.9 Å². The highest BCUT2D eigenvalue weighted by Crippen LogP contribution is 2.15. The van der Waals surface area contributed by atoms with Gasteiger partial charge in [-0.05, 0) is 44.9 Å². The van der Waals surface area contributed by atoms with Gasteiger partial charge in [-0.1, -0.05) is 18.2 Å². The standard InChI is InChI=1S/C18H28N4O3/c1-14(20-18(24)21-15-6-3-2-4-7-15)17(23)22-11-8-16(9-12-22)25-13-5-10-19/h2-4,6-7,14,16H,5,8-13,19H2,1H3,(H2,20,21,24). The Hall–Kier alpha value is -2.12. The maximum Gasteiger partial charge on any atom is 0.319 e. The van der Waals surface area contributed by atoms with Gasteiger partial charge in [0.05, 0.1) is 6.10 Å². The second-order valence-corrected chi connectivity index (χ2v) is 6.22. The molecule has 138 valence electrons. The summed E-state index contributed by atoms with van der Waals surface area (Å²) < 4.78 is 5.75. The first-order chi connectivity index (χ1) is 12.1. The Morgan fingerprint density at radius 1 is 1.28 bits per heavy atom. The van der Waals surface area contributed by atoms with Crippen molar-refractivity contribution in [3.63, 3.8) is 0 Å². The third-order valence-corrected chi connectivity index (χ3v) is 4.21. The monoisotopic (exact) mass is 348 g/mol. The number of nitrogens with two attached hydrogens (primary N) is 1. The Labute approximate surface area is 148 Å². The summed E-state index contributed by atoms with van der Waals surface area (Å²) in [5.41, 5.74) is 6.14. The predicted octanol–water partition coefficient (Wildman–Crippen LogP) is 1.55. The molecule has 1 aromatic rings. The van der Waals surface area contributed by atoms with Crippen LogP contribution in [-0.2, 0) is 9.53 Å². The number of para-hydroxylation sites is 1. The van der Waals surface area contributed by atoms with Crippen molar-refractivity contribution in [2.75, 3.05) is 31.6 Å². The molecule has 1 aliphatic heterocycles. The van der Waals surface area contributed by atoms with E-state index in [4.69, 9.17) is 10.5 Å². The van der Waals surface area contributed by atoms with Gasteiger partial charge < -0.3 is 26.0 Å². The maximum atomic E-state index is 12.5. The van der Waals surface area contributed by atoms with E-state index in [1.165, 1.54) is 0 Å². The molecule has 1 aliphatic rings. The van der Waals surface area contributed by atoms with E-state index in [2.05, 4.69) is 10.6 Å². The van der Waals surface area contributed by atoms with Crippen LogP contribution in [0.15, 0.2) is 30.3 Å². The van der Waals surface area contributed by atoms with Crippen molar-refractivity contribution in [1.82, 2.24) is 10.2 Å². The SMILES string of the molecule is CC(NC(=O)Nc1ccccc1)C(=O)N1CCC(OCCCN)CC1. The first-order valence-electron chi connectivity index (χ1n) is 8.83. The van der Waals surface area contributed by atoms with E-state index in [1.54, 1.807) is 24.0 Å². The summed E-state index contributed by atoms with van der Waals surface area (Å²) in [6.07, 6.45) is 2.69.